The molecule has 5 aromatic rings. The van der Waals surface area contributed by atoms with E-state index in [0.29, 0.717) is 0 Å². The van der Waals surface area contributed by atoms with Crippen molar-refractivity contribution in [2.24, 2.45) is 0 Å². The molecule has 1 nitrogen and oxygen atoms in total. The Bertz CT molecular complexity index is 1320. The molecule has 0 aliphatic rings. The van der Waals surface area contributed by atoms with Crippen LogP contribution in [0.5, 0.6) is 5.75 Å². The zero-order chi connectivity index (χ0) is 19.6. The average molecular weight is 379 g/mol. The Kier molecular flexibility index (Phi) is 4.81. The SMILES string of the molecule is CCCCCCOc1ccc2cc3cc4cc5ccccc5cc4cc3cc2c1. The van der Waals surface area contributed by atoms with Crippen LogP contribution in [0.3, 0.4) is 0 Å². The van der Waals surface area contributed by atoms with E-state index >= 15 is 0 Å². The van der Waals surface area contributed by atoms with E-state index < -0.39 is 0 Å². The standard InChI is InChI=1S/C28H26O/c1-2-3-4-7-12-29-28-11-10-22-15-25-16-23-13-20-8-5-6-9-21(20)14-24(23)17-26(25)18-27(22)19-28/h5-6,8-11,13-19H,2-4,7,12H2,1H3. The van der Waals surface area contributed by atoms with Crippen LogP contribution in [0.25, 0.3) is 43.1 Å². The van der Waals surface area contributed by atoms with Gasteiger partial charge in [-0.05, 0) is 98.0 Å². The molecule has 0 bridgehead atoms. The monoisotopic (exact) mass is 378 g/mol. The molecule has 0 aliphatic heterocycles. The highest BCUT2D eigenvalue weighted by atomic mass is 16.5. The summed E-state index contributed by atoms with van der Waals surface area (Å²) in [5.74, 6) is 0.972. The summed E-state index contributed by atoms with van der Waals surface area (Å²) in [6.07, 6.45) is 4.92. The van der Waals surface area contributed by atoms with Crippen molar-refractivity contribution in [1.29, 1.82) is 0 Å². The number of rotatable bonds is 6. The fourth-order valence-corrected chi connectivity index (χ4v) is 4.23. The maximum absolute atomic E-state index is 5.99. The van der Waals surface area contributed by atoms with Gasteiger partial charge in [-0.25, -0.2) is 0 Å². The van der Waals surface area contributed by atoms with Gasteiger partial charge in [0.2, 0.25) is 0 Å². The summed E-state index contributed by atoms with van der Waals surface area (Å²) in [6, 6.07) is 28.8. The second kappa shape index (κ2) is 7.75. The van der Waals surface area contributed by atoms with Gasteiger partial charge in [0.15, 0.2) is 0 Å². The number of benzene rings is 5. The van der Waals surface area contributed by atoms with Gasteiger partial charge in [-0.2, -0.15) is 0 Å². The Balaban J connectivity index is 1.52. The van der Waals surface area contributed by atoms with Crippen LogP contribution >= 0.6 is 0 Å². The third kappa shape index (κ3) is 3.65. The molecule has 144 valence electrons. The molecule has 0 saturated carbocycles. The lowest BCUT2D eigenvalue weighted by Crippen LogP contribution is -1.97. The van der Waals surface area contributed by atoms with Gasteiger partial charge in [-0.3, -0.25) is 0 Å². The molecular weight excluding hydrogens is 352 g/mol. The summed E-state index contributed by atoms with van der Waals surface area (Å²) in [6.45, 7) is 3.04. The van der Waals surface area contributed by atoms with Gasteiger partial charge >= 0.3 is 0 Å². The van der Waals surface area contributed by atoms with Crippen molar-refractivity contribution in [3.05, 3.63) is 78.9 Å². The lowest BCUT2D eigenvalue weighted by atomic mass is 9.97. The molecule has 0 radical (unpaired) electrons. The smallest absolute Gasteiger partial charge is 0.119 e. The zero-order valence-corrected chi connectivity index (χ0v) is 16.9. The molecule has 0 atom stereocenters. The fourth-order valence-electron chi connectivity index (χ4n) is 4.23. The topological polar surface area (TPSA) is 9.23 Å². The van der Waals surface area contributed by atoms with E-state index in [0.717, 1.165) is 18.8 Å². The molecule has 0 spiro atoms. The van der Waals surface area contributed by atoms with E-state index in [2.05, 4.69) is 85.8 Å². The summed E-state index contributed by atoms with van der Waals surface area (Å²) < 4.78 is 5.99. The predicted octanol–water partition coefficient (Wildman–Crippen LogP) is 8.26. The summed E-state index contributed by atoms with van der Waals surface area (Å²) >= 11 is 0. The van der Waals surface area contributed by atoms with Crippen LogP contribution in [0, 0.1) is 0 Å². The van der Waals surface area contributed by atoms with E-state index in [1.165, 1.54) is 62.4 Å². The first kappa shape index (κ1) is 18.0. The number of unbranched alkanes of at least 4 members (excludes halogenated alkanes) is 3. The van der Waals surface area contributed by atoms with Gasteiger partial charge in [-0.15, -0.1) is 0 Å². The Labute approximate surface area is 171 Å². The van der Waals surface area contributed by atoms with Crippen LogP contribution in [0.4, 0.5) is 0 Å². The highest BCUT2D eigenvalue weighted by Crippen LogP contribution is 2.31. The van der Waals surface area contributed by atoms with Crippen LogP contribution in [-0.2, 0) is 0 Å². The summed E-state index contributed by atoms with van der Waals surface area (Å²) in [7, 11) is 0. The van der Waals surface area contributed by atoms with Crippen molar-refractivity contribution in [3.8, 4) is 5.75 Å². The van der Waals surface area contributed by atoms with E-state index in [9.17, 15) is 0 Å². The van der Waals surface area contributed by atoms with Gasteiger partial charge in [0.1, 0.15) is 5.75 Å². The van der Waals surface area contributed by atoms with Crippen LogP contribution in [0.2, 0.25) is 0 Å². The third-order valence-electron chi connectivity index (χ3n) is 5.85. The van der Waals surface area contributed by atoms with Crippen LogP contribution in [0.15, 0.2) is 78.9 Å². The first-order valence-corrected chi connectivity index (χ1v) is 10.7. The number of hydrogen-bond acceptors (Lipinski definition) is 1. The van der Waals surface area contributed by atoms with Crippen LogP contribution in [-0.4, -0.2) is 6.61 Å². The molecule has 0 unspecified atom stereocenters. The predicted molar refractivity (Wildman–Crippen MR) is 126 cm³/mol. The minimum atomic E-state index is 0.802. The first-order chi connectivity index (χ1) is 14.3. The molecule has 5 aromatic carbocycles. The van der Waals surface area contributed by atoms with E-state index in [1.54, 1.807) is 0 Å². The van der Waals surface area contributed by atoms with Crippen molar-refractivity contribution >= 4 is 43.1 Å². The van der Waals surface area contributed by atoms with Crippen LogP contribution in [0.1, 0.15) is 32.6 Å². The molecule has 0 N–H and O–H groups in total. The Morgan fingerprint density at radius 2 is 1.03 bits per heavy atom. The second-order valence-electron chi connectivity index (χ2n) is 8.02. The normalized spacial score (nSPS) is 11.6. The van der Waals surface area contributed by atoms with Crippen molar-refractivity contribution in [3.63, 3.8) is 0 Å². The minimum Gasteiger partial charge on any atom is -0.494 e. The first-order valence-electron chi connectivity index (χ1n) is 10.7. The Hall–Kier alpha value is -3.06. The second-order valence-corrected chi connectivity index (χ2v) is 8.02. The molecule has 0 aromatic heterocycles. The van der Waals surface area contributed by atoms with E-state index in [4.69, 9.17) is 4.74 Å². The molecule has 0 amide bonds. The molecule has 5 rings (SSSR count). The summed E-state index contributed by atoms with van der Waals surface area (Å²) in [5, 5.41) is 10.2. The van der Waals surface area contributed by atoms with Gasteiger partial charge in [0, 0.05) is 0 Å². The molecular formula is C28H26O. The van der Waals surface area contributed by atoms with Crippen molar-refractivity contribution in [2.45, 2.75) is 32.6 Å². The van der Waals surface area contributed by atoms with Gasteiger partial charge in [-0.1, -0.05) is 56.5 Å². The number of ether oxygens (including phenoxy) is 1. The van der Waals surface area contributed by atoms with Gasteiger partial charge in [0.05, 0.1) is 6.61 Å². The third-order valence-corrected chi connectivity index (χ3v) is 5.85. The zero-order valence-electron chi connectivity index (χ0n) is 16.9. The molecule has 29 heavy (non-hydrogen) atoms. The minimum absolute atomic E-state index is 0.802. The van der Waals surface area contributed by atoms with E-state index in [1.807, 2.05) is 0 Å². The van der Waals surface area contributed by atoms with Crippen molar-refractivity contribution in [1.82, 2.24) is 0 Å². The maximum Gasteiger partial charge on any atom is 0.119 e. The van der Waals surface area contributed by atoms with Gasteiger partial charge < -0.3 is 4.74 Å². The Morgan fingerprint density at radius 3 is 1.62 bits per heavy atom. The fraction of sp³-hybridized carbons (Fsp3) is 0.214. The molecule has 0 saturated heterocycles. The lowest BCUT2D eigenvalue weighted by molar-refractivity contribution is 0.305. The molecule has 0 heterocycles. The van der Waals surface area contributed by atoms with Crippen molar-refractivity contribution < 1.29 is 4.74 Å². The van der Waals surface area contributed by atoms with Crippen molar-refractivity contribution in [2.75, 3.05) is 6.61 Å². The largest absolute Gasteiger partial charge is 0.494 e. The summed E-state index contributed by atoms with van der Waals surface area (Å²) in [4.78, 5) is 0. The average Bonchev–Trinajstić information content (AvgIpc) is 2.74. The number of hydrogen-bond donors (Lipinski definition) is 0. The number of fused-ring (bicyclic) bond motifs is 4. The Morgan fingerprint density at radius 1 is 0.517 bits per heavy atom. The molecule has 0 fully saturated rings. The maximum atomic E-state index is 5.99. The highest BCUT2D eigenvalue weighted by molar-refractivity contribution is 6.08. The summed E-state index contributed by atoms with van der Waals surface area (Å²) in [5.41, 5.74) is 0. The molecule has 0 aliphatic carbocycles. The van der Waals surface area contributed by atoms with E-state index in [-0.39, 0.29) is 0 Å². The van der Waals surface area contributed by atoms with Crippen LogP contribution < -0.4 is 4.74 Å². The lowest BCUT2D eigenvalue weighted by Gasteiger charge is -2.09. The van der Waals surface area contributed by atoms with Gasteiger partial charge in [0.25, 0.3) is 0 Å². The highest BCUT2D eigenvalue weighted by Gasteiger charge is 2.04. The molecule has 1 heteroatoms. The quantitative estimate of drug-likeness (QED) is 0.213.